The Hall–Kier alpha value is -2.63. The van der Waals surface area contributed by atoms with E-state index in [4.69, 9.17) is 4.74 Å². The first kappa shape index (κ1) is 12.4. The van der Waals surface area contributed by atoms with Crippen molar-refractivity contribution in [2.45, 2.75) is 6.92 Å². The van der Waals surface area contributed by atoms with Gasteiger partial charge in [0.25, 0.3) is 5.91 Å². The van der Waals surface area contributed by atoms with Crippen LogP contribution in [-0.2, 0) is 4.79 Å². The van der Waals surface area contributed by atoms with E-state index in [2.05, 4.69) is 15.3 Å². The number of fused-ring (bicyclic) bond motifs is 1. The van der Waals surface area contributed by atoms with Crippen molar-refractivity contribution in [1.29, 1.82) is 0 Å². The van der Waals surface area contributed by atoms with E-state index >= 15 is 0 Å². The average molecular weight is 270 g/mol. The van der Waals surface area contributed by atoms with Crippen molar-refractivity contribution >= 4 is 23.2 Å². The zero-order valence-corrected chi connectivity index (χ0v) is 11.3. The zero-order valence-electron chi connectivity index (χ0n) is 11.3. The lowest BCUT2D eigenvalue weighted by Crippen LogP contribution is -2.35. The van der Waals surface area contributed by atoms with Crippen molar-refractivity contribution < 1.29 is 9.53 Å². The van der Waals surface area contributed by atoms with Gasteiger partial charge in [-0.2, -0.15) is 0 Å². The number of carbonyl (C=O) groups is 1. The van der Waals surface area contributed by atoms with E-state index in [0.717, 1.165) is 17.1 Å². The number of rotatable bonds is 2. The van der Waals surface area contributed by atoms with Gasteiger partial charge in [0.05, 0.1) is 5.69 Å². The van der Waals surface area contributed by atoms with Crippen LogP contribution in [0.15, 0.2) is 30.5 Å². The first-order valence-electron chi connectivity index (χ1n) is 6.23. The molecular formula is C14H14N4O2. The number of aryl methyl sites for hydroxylation is 1. The standard InChI is InChI=1S/C14H14N4O2/c1-9-5-6-15-14(16-9)17-10-3-4-12-11(7-10)18(2)13(19)8-20-12/h3-7H,8H2,1-2H3,(H,15,16,17). The van der Waals surface area contributed by atoms with Gasteiger partial charge in [-0.15, -0.1) is 0 Å². The Morgan fingerprint density at radius 3 is 3.00 bits per heavy atom. The minimum atomic E-state index is -0.0681. The van der Waals surface area contributed by atoms with Crippen molar-refractivity contribution in [2.24, 2.45) is 0 Å². The SMILES string of the molecule is Cc1ccnc(Nc2ccc3c(c2)N(C)C(=O)CO3)n1. The number of benzene rings is 1. The summed E-state index contributed by atoms with van der Waals surface area (Å²) in [5.74, 6) is 1.15. The number of aromatic nitrogens is 2. The van der Waals surface area contributed by atoms with E-state index in [1.165, 1.54) is 0 Å². The predicted molar refractivity (Wildman–Crippen MR) is 75.4 cm³/mol. The molecule has 1 amide bonds. The largest absolute Gasteiger partial charge is 0.482 e. The maximum atomic E-state index is 11.6. The van der Waals surface area contributed by atoms with Gasteiger partial charge in [-0.3, -0.25) is 4.79 Å². The highest BCUT2D eigenvalue weighted by Crippen LogP contribution is 2.34. The van der Waals surface area contributed by atoms with Crippen molar-refractivity contribution in [3.05, 3.63) is 36.2 Å². The Morgan fingerprint density at radius 2 is 2.20 bits per heavy atom. The summed E-state index contributed by atoms with van der Waals surface area (Å²) in [5.41, 5.74) is 2.43. The van der Waals surface area contributed by atoms with Crippen molar-refractivity contribution in [1.82, 2.24) is 9.97 Å². The van der Waals surface area contributed by atoms with Crippen molar-refractivity contribution in [2.75, 3.05) is 23.9 Å². The van der Waals surface area contributed by atoms with Gasteiger partial charge in [-0.05, 0) is 31.2 Å². The molecule has 0 radical (unpaired) electrons. The number of anilines is 3. The molecule has 1 aromatic carbocycles. The van der Waals surface area contributed by atoms with Crippen LogP contribution in [0.3, 0.4) is 0 Å². The first-order chi connectivity index (χ1) is 9.63. The van der Waals surface area contributed by atoms with E-state index < -0.39 is 0 Å². The molecular weight excluding hydrogens is 256 g/mol. The van der Waals surface area contributed by atoms with Gasteiger partial charge in [-0.25, -0.2) is 9.97 Å². The van der Waals surface area contributed by atoms with Gasteiger partial charge in [0, 0.05) is 24.6 Å². The van der Waals surface area contributed by atoms with Crippen LogP contribution in [0, 0.1) is 6.92 Å². The molecule has 2 heterocycles. The summed E-state index contributed by atoms with van der Waals surface area (Å²) < 4.78 is 5.38. The van der Waals surface area contributed by atoms with E-state index in [1.807, 2.05) is 31.2 Å². The van der Waals surface area contributed by atoms with Crippen LogP contribution >= 0.6 is 0 Å². The lowest BCUT2D eigenvalue weighted by atomic mass is 10.2. The number of ether oxygens (including phenoxy) is 1. The van der Waals surface area contributed by atoms with E-state index in [1.54, 1.807) is 18.1 Å². The number of amides is 1. The highest BCUT2D eigenvalue weighted by Gasteiger charge is 2.22. The third kappa shape index (κ3) is 2.27. The smallest absolute Gasteiger partial charge is 0.264 e. The normalized spacial score (nSPS) is 13.7. The van der Waals surface area contributed by atoms with Crippen LogP contribution in [0.4, 0.5) is 17.3 Å². The molecule has 0 saturated carbocycles. The first-order valence-corrected chi connectivity index (χ1v) is 6.23. The molecule has 0 fully saturated rings. The fourth-order valence-corrected chi connectivity index (χ4v) is 1.99. The fourth-order valence-electron chi connectivity index (χ4n) is 1.99. The van der Waals surface area contributed by atoms with Crippen LogP contribution in [-0.4, -0.2) is 29.5 Å². The molecule has 6 nitrogen and oxygen atoms in total. The summed E-state index contributed by atoms with van der Waals surface area (Å²) in [5, 5.41) is 3.11. The van der Waals surface area contributed by atoms with E-state index in [0.29, 0.717) is 11.7 Å². The van der Waals surface area contributed by atoms with Gasteiger partial charge in [-0.1, -0.05) is 0 Å². The molecule has 0 saturated heterocycles. The van der Waals surface area contributed by atoms with Gasteiger partial charge in [0.1, 0.15) is 5.75 Å². The van der Waals surface area contributed by atoms with Crippen molar-refractivity contribution in [3.63, 3.8) is 0 Å². The van der Waals surface area contributed by atoms with Gasteiger partial charge in [0.2, 0.25) is 5.95 Å². The van der Waals surface area contributed by atoms with Crippen LogP contribution in [0.2, 0.25) is 0 Å². The summed E-state index contributed by atoms with van der Waals surface area (Å²) in [6.07, 6.45) is 1.70. The van der Waals surface area contributed by atoms with Gasteiger partial charge >= 0.3 is 0 Å². The molecule has 1 aromatic heterocycles. The summed E-state index contributed by atoms with van der Waals surface area (Å²) in [6, 6.07) is 7.38. The Labute approximate surface area is 116 Å². The number of hydrogen-bond acceptors (Lipinski definition) is 5. The number of nitrogens with zero attached hydrogens (tertiary/aromatic N) is 3. The molecule has 20 heavy (non-hydrogen) atoms. The van der Waals surface area contributed by atoms with Gasteiger partial charge < -0.3 is 15.0 Å². The Kier molecular flexibility index (Phi) is 2.98. The lowest BCUT2D eigenvalue weighted by molar-refractivity contribution is -0.120. The highest BCUT2D eigenvalue weighted by atomic mass is 16.5. The molecule has 6 heteroatoms. The quantitative estimate of drug-likeness (QED) is 0.902. The molecule has 1 N–H and O–H groups in total. The van der Waals surface area contributed by atoms with Gasteiger partial charge in [0.15, 0.2) is 6.61 Å². The summed E-state index contributed by atoms with van der Waals surface area (Å²) in [6.45, 7) is 1.98. The van der Waals surface area contributed by atoms with E-state index in [-0.39, 0.29) is 12.5 Å². The minimum Gasteiger partial charge on any atom is -0.482 e. The molecule has 1 aliphatic rings. The van der Waals surface area contributed by atoms with Crippen LogP contribution < -0.4 is 15.0 Å². The minimum absolute atomic E-state index is 0.0681. The van der Waals surface area contributed by atoms with Crippen LogP contribution in [0.25, 0.3) is 0 Å². The molecule has 0 atom stereocenters. The Balaban J connectivity index is 1.90. The monoisotopic (exact) mass is 270 g/mol. The Morgan fingerprint density at radius 1 is 1.35 bits per heavy atom. The second-order valence-electron chi connectivity index (χ2n) is 4.57. The van der Waals surface area contributed by atoms with E-state index in [9.17, 15) is 4.79 Å². The zero-order chi connectivity index (χ0) is 14.1. The molecule has 1 aliphatic heterocycles. The lowest BCUT2D eigenvalue weighted by Gasteiger charge is -2.26. The summed E-state index contributed by atoms with van der Waals surface area (Å²) in [7, 11) is 1.73. The molecule has 0 bridgehead atoms. The molecule has 0 spiro atoms. The molecule has 2 aromatic rings. The molecule has 3 rings (SSSR count). The number of likely N-dealkylation sites (N-methyl/N-ethyl adjacent to an activating group) is 1. The average Bonchev–Trinajstić information content (AvgIpc) is 2.43. The van der Waals surface area contributed by atoms with Crippen molar-refractivity contribution in [3.8, 4) is 5.75 Å². The Bertz CT molecular complexity index is 672. The maximum Gasteiger partial charge on any atom is 0.264 e. The molecule has 0 aliphatic carbocycles. The summed E-state index contributed by atoms with van der Waals surface area (Å²) in [4.78, 5) is 21.6. The highest BCUT2D eigenvalue weighted by molar-refractivity contribution is 5.98. The third-order valence-corrected chi connectivity index (χ3v) is 3.10. The summed E-state index contributed by atoms with van der Waals surface area (Å²) >= 11 is 0. The topological polar surface area (TPSA) is 67.4 Å². The second kappa shape index (κ2) is 4.80. The third-order valence-electron chi connectivity index (χ3n) is 3.10. The number of carbonyl (C=O) groups excluding carboxylic acids is 1. The van der Waals surface area contributed by atoms with Crippen LogP contribution in [0.5, 0.6) is 5.75 Å². The molecule has 102 valence electrons. The number of nitrogens with one attached hydrogen (secondary N) is 1. The van der Waals surface area contributed by atoms with Crippen LogP contribution in [0.1, 0.15) is 5.69 Å². The predicted octanol–water partition coefficient (Wildman–Crippen LogP) is 1.88. The molecule has 0 unspecified atom stereocenters. The second-order valence-corrected chi connectivity index (χ2v) is 4.57. The maximum absolute atomic E-state index is 11.6. The fraction of sp³-hybridized carbons (Fsp3) is 0.214. The number of hydrogen-bond donors (Lipinski definition) is 1.